The topological polar surface area (TPSA) is 55.1 Å². The molecule has 0 saturated heterocycles. The molecule has 0 aromatic carbocycles. The number of likely N-dealkylation sites (N-methyl/N-ethyl adjacent to an activating group) is 1. The van der Waals surface area contributed by atoms with Crippen LogP contribution < -0.4 is 11.1 Å². The van der Waals surface area contributed by atoms with Gasteiger partial charge in [0.2, 0.25) is 5.91 Å². The van der Waals surface area contributed by atoms with Crippen molar-refractivity contribution in [2.24, 2.45) is 5.73 Å². The molecule has 1 atom stereocenters. The highest BCUT2D eigenvalue weighted by molar-refractivity contribution is 5.95. The Morgan fingerprint density at radius 3 is 2.31 bits per heavy atom. The van der Waals surface area contributed by atoms with Gasteiger partial charge in [0, 0.05) is 18.7 Å². The zero-order valence-corrected chi connectivity index (χ0v) is 8.98. The number of hydrogen-bond acceptors (Lipinski definition) is 2. The number of nitrogens with two attached hydrogens (primary N) is 1. The van der Waals surface area contributed by atoms with Gasteiger partial charge in [-0.2, -0.15) is 0 Å². The Morgan fingerprint density at radius 1 is 1.46 bits per heavy atom. The van der Waals surface area contributed by atoms with Crippen molar-refractivity contribution in [2.45, 2.75) is 39.7 Å². The molecule has 76 valence electrons. The van der Waals surface area contributed by atoms with E-state index in [-0.39, 0.29) is 11.9 Å². The summed E-state index contributed by atoms with van der Waals surface area (Å²) in [6, 6.07) is -0.130. The largest absolute Gasteiger partial charge is 0.355 e. The van der Waals surface area contributed by atoms with Gasteiger partial charge in [-0.25, -0.2) is 0 Å². The molecule has 0 rings (SSSR count). The molecule has 0 spiro atoms. The minimum absolute atomic E-state index is 0.0547. The lowest BCUT2D eigenvalue weighted by Crippen LogP contribution is -2.33. The van der Waals surface area contributed by atoms with Crippen LogP contribution in [0, 0.1) is 0 Å². The van der Waals surface area contributed by atoms with E-state index in [1.54, 1.807) is 7.05 Å². The molecule has 0 heterocycles. The number of carbonyl (C=O) groups excluding carboxylic acids is 1. The SMILES string of the molecule is CCCC(N)C(C(=O)NC)=C(C)C. The number of allylic oxidation sites excluding steroid dienone is 1. The summed E-state index contributed by atoms with van der Waals surface area (Å²) >= 11 is 0. The van der Waals surface area contributed by atoms with Gasteiger partial charge >= 0.3 is 0 Å². The van der Waals surface area contributed by atoms with Crippen LogP contribution >= 0.6 is 0 Å². The molecule has 3 heteroatoms. The number of carbonyl (C=O) groups is 1. The highest BCUT2D eigenvalue weighted by Crippen LogP contribution is 2.11. The fourth-order valence-corrected chi connectivity index (χ4v) is 1.36. The highest BCUT2D eigenvalue weighted by Gasteiger charge is 2.16. The summed E-state index contributed by atoms with van der Waals surface area (Å²) in [4.78, 5) is 11.4. The third kappa shape index (κ3) is 3.59. The van der Waals surface area contributed by atoms with E-state index in [9.17, 15) is 4.79 Å². The number of rotatable bonds is 4. The zero-order chi connectivity index (χ0) is 10.4. The molecule has 1 amide bonds. The number of hydrogen-bond donors (Lipinski definition) is 2. The fraction of sp³-hybridized carbons (Fsp3) is 0.700. The van der Waals surface area contributed by atoms with Crippen LogP contribution in [0.15, 0.2) is 11.1 Å². The molecule has 0 radical (unpaired) electrons. The fourth-order valence-electron chi connectivity index (χ4n) is 1.36. The van der Waals surface area contributed by atoms with Gasteiger partial charge in [0.15, 0.2) is 0 Å². The predicted octanol–water partition coefficient (Wildman–Crippen LogP) is 1.20. The van der Waals surface area contributed by atoms with E-state index in [4.69, 9.17) is 5.73 Å². The summed E-state index contributed by atoms with van der Waals surface area (Å²) in [5, 5.41) is 2.61. The summed E-state index contributed by atoms with van der Waals surface area (Å²) in [5.41, 5.74) is 7.61. The Labute approximate surface area is 80.4 Å². The van der Waals surface area contributed by atoms with E-state index in [0.717, 1.165) is 24.0 Å². The predicted molar refractivity (Wildman–Crippen MR) is 55.3 cm³/mol. The van der Waals surface area contributed by atoms with Crippen molar-refractivity contribution in [3.8, 4) is 0 Å². The molecule has 1 unspecified atom stereocenters. The van der Waals surface area contributed by atoms with Gasteiger partial charge in [-0.15, -0.1) is 0 Å². The van der Waals surface area contributed by atoms with Crippen molar-refractivity contribution < 1.29 is 4.79 Å². The molecule has 0 bridgehead atoms. The molecule has 0 aliphatic heterocycles. The van der Waals surface area contributed by atoms with Crippen LogP contribution in [0.3, 0.4) is 0 Å². The molecular formula is C10H20N2O. The van der Waals surface area contributed by atoms with Gasteiger partial charge in [0.05, 0.1) is 0 Å². The smallest absolute Gasteiger partial charge is 0.248 e. The molecular weight excluding hydrogens is 164 g/mol. The zero-order valence-electron chi connectivity index (χ0n) is 8.98. The second-order valence-electron chi connectivity index (χ2n) is 3.39. The minimum Gasteiger partial charge on any atom is -0.355 e. The molecule has 3 N–H and O–H groups in total. The first-order chi connectivity index (χ1) is 6.04. The van der Waals surface area contributed by atoms with Gasteiger partial charge in [-0.3, -0.25) is 4.79 Å². The first-order valence-corrected chi connectivity index (χ1v) is 4.69. The first-order valence-electron chi connectivity index (χ1n) is 4.69. The summed E-state index contributed by atoms with van der Waals surface area (Å²) in [5.74, 6) is -0.0547. The molecule has 0 aliphatic carbocycles. The van der Waals surface area contributed by atoms with Gasteiger partial charge in [-0.1, -0.05) is 18.9 Å². The maximum Gasteiger partial charge on any atom is 0.248 e. The van der Waals surface area contributed by atoms with Crippen LogP contribution in [0.5, 0.6) is 0 Å². The average Bonchev–Trinajstić information content (AvgIpc) is 2.04. The lowest BCUT2D eigenvalue weighted by atomic mass is 9.98. The van der Waals surface area contributed by atoms with Crippen molar-refractivity contribution in [3.05, 3.63) is 11.1 Å². The van der Waals surface area contributed by atoms with Crippen LogP contribution in [-0.2, 0) is 4.79 Å². The van der Waals surface area contributed by atoms with Crippen LogP contribution in [0.2, 0.25) is 0 Å². The van der Waals surface area contributed by atoms with Crippen molar-refractivity contribution in [2.75, 3.05) is 7.05 Å². The Kier molecular flexibility index (Phi) is 5.39. The molecule has 0 saturated carbocycles. The second-order valence-corrected chi connectivity index (χ2v) is 3.39. The van der Waals surface area contributed by atoms with Crippen LogP contribution in [0.4, 0.5) is 0 Å². The standard InChI is InChI=1S/C10H20N2O/c1-5-6-8(11)9(7(2)3)10(13)12-4/h8H,5-6,11H2,1-4H3,(H,12,13). The Morgan fingerprint density at radius 2 is 2.00 bits per heavy atom. The monoisotopic (exact) mass is 184 g/mol. The molecule has 0 aliphatic rings. The van der Waals surface area contributed by atoms with E-state index < -0.39 is 0 Å². The maximum absolute atomic E-state index is 11.4. The molecule has 0 aromatic heterocycles. The summed E-state index contributed by atoms with van der Waals surface area (Å²) < 4.78 is 0. The van der Waals surface area contributed by atoms with Crippen LogP contribution in [0.25, 0.3) is 0 Å². The molecule has 0 aromatic rings. The van der Waals surface area contributed by atoms with Gasteiger partial charge < -0.3 is 11.1 Å². The highest BCUT2D eigenvalue weighted by atomic mass is 16.1. The molecule has 0 fully saturated rings. The molecule has 3 nitrogen and oxygen atoms in total. The second kappa shape index (κ2) is 5.75. The minimum atomic E-state index is -0.130. The Hall–Kier alpha value is -0.830. The third-order valence-electron chi connectivity index (χ3n) is 1.98. The number of nitrogens with one attached hydrogen (secondary N) is 1. The number of amides is 1. The summed E-state index contributed by atoms with van der Waals surface area (Å²) in [6.07, 6.45) is 1.85. The van der Waals surface area contributed by atoms with Crippen molar-refractivity contribution in [3.63, 3.8) is 0 Å². The van der Waals surface area contributed by atoms with Gasteiger partial charge in [0.1, 0.15) is 0 Å². The lowest BCUT2D eigenvalue weighted by Gasteiger charge is -2.15. The van der Waals surface area contributed by atoms with Crippen LogP contribution in [0.1, 0.15) is 33.6 Å². The Balaban J connectivity index is 4.63. The van der Waals surface area contributed by atoms with Gasteiger partial charge in [0.25, 0.3) is 0 Å². The van der Waals surface area contributed by atoms with E-state index in [1.165, 1.54) is 0 Å². The molecule has 13 heavy (non-hydrogen) atoms. The normalized spacial score (nSPS) is 12.1. The van der Waals surface area contributed by atoms with Crippen molar-refractivity contribution >= 4 is 5.91 Å². The van der Waals surface area contributed by atoms with E-state index >= 15 is 0 Å². The van der Waals surface area contributed by atoms with E-state index in [2.05, 4.69) is 12.2 Å². The summed E-state index contributed by atoms with van der Waals surface area (Å²) in [7, 11) is 1.63. The van der Waals surface area contributed by atoms with Crippen molar-refractivity contribution in [1.29, 1.82) is 0 Å². The Bertz CT molecular complexity index is 205. The quantitative estimate of drug-likeness (QED) is 0.645. The third-order valence-corrected chi connectivity index (χ3v) is 1.98. The van der Waals surface area contributed by atoms with E-state index in [0.29, 0.717) is 0 Å². The average molecular weight is 184 g/mol. The maximum atomic E-state index is 11.4. The van der Waals surface area contributed by atoms with Crippen LogP contribution in [-0.4, -0.2) is 19.0 Å². The van der Waals surface area contributed by atoms with E-state index in [1.807, 2.05) is 13.8 Å². The van der Waals surface area contributed by atoms with Gasteiger partial charge in [-0.05, 0) is 20.3 Å². The first kappa shape index (κ1) is 12.2. The lowest BCUT2D eigenvalue weighted by molar-refractivity contribution is -0.117. The summed E-state index contributed by atoms with van der Waals surface area (Å²) in [6.45, 7) is 5.90. The van der Waals surface area contributed by atoms with Crippen molar-refractivity contribution in [1.82, 2.24) is 5.32 Å².